The number of nitrogens with zero attached hydrogens (tertiary/aromatic N) is 1. The molecular weight excluding hydrogens is 422 g/mol. The van der Waals surface area contributed by atoms with Crippen LogP contribution in [0.1, 0.15) is 81.2 Å². The van der Waals surface area contributed by atoms with Crippen molar-refractivity contribution in [2.24, 2.45) is 0 Å². The summed E-state index contributed by atoms with van der Waals surface area (Å²) in [6, 6.07) is 29.0. The lowest BCUT2D eigenvalue weighted by atomic mass is 9.77. The van der Waals surface area contributed by atoms with E-state index in [0.717, 1.165) is 5.69 Å². The number of benzene rings is 3. The molecule has 5 rings (SSSR count). The van der Waals surface area contributed by atoms with Gasteiger partial charge in [-0.3, -0.25) is 4.98 Å². The number of aromatic nitrogens is 1. The highest BCUT2D eigenvalue weighted by molar-refractivity contribution is 5.99. The molecule has 0 spiro atoms. The maximum Gasteiger partial charge on any atom is 0.0705 e. The number of allylic oxidation sites excluding steroid dienone is 1. The van der Waals surface area contributed by atoms with E-state index in [4.69, 9.17) is 4.98 Å². The summed E-state index contributed by atoms with van der Waals surface area (Å²) in [5, 5.41) is 0. The lowest BCUT2D eigenvalue weighted by Crippen LogP contribution is -2.16. The molecule has 0 N–H and O–H groups in total. The monoisotopic (exact) mass is 457 g/mol. The van der Waals surface area contributed by atoms with Crippen LogP contribution in [0, 0.1) is 0 Å². The SMILES string of the molecule is CC(C)c1ccc(-c2cc(-c3cc(C(C)C)ccn3)cc3c2C=C(c2ccccc2)C3(C)C)cc1. The highest BCUT2D eigenvalue weighted by atomic mass is 14.7. The highest BCUT2D eigenvalue weighted by Crippen LogP contribution is 2.50. The molecule has 1 aliphatic rings. The van der Waals surface area contributed by atoms with Crippen molar-refractivity contribution in [2.75, 3.05) is 0 Å². The van der Waals surface area contributed by atoms with E-state index in [0.29, 0.717) is 11.8 Å². The summed E-state index contributed by atoms with van der Waals surface area (Å²) < 4.78 is 0. The summed E-state index contributed by atoms with van der Waals surface area (Å²) in [7, 11) is 0. The fourth-order valence-corrected chi connectivity index (χ4v) is 5.26. The highest BCUT2D eigenvalue weighted by Gasteiger charge is 2.35. The Labute approximate surface area is 210 Å². The van der Waals surface area contributed by atoms with E-state index in [2.05, 4.69) is 126 Å². The molecule has 176 valence electrons. The smallest absolute Gasteiger partial charge is 0.0705 e. The lowest BCUT2D eigenvalue weighted by molar-refractivity contribution is 0.704. The Hall–Kier alpha value is -3.45. The van der Waals surface area contributed by atoms with Crippen LogP contribution in [0.4, 0.5) is 0 Å². The molecule has 35 heavy (non-hydrogen) atoms. The molecule has 0 bridgehead atoms. The van der Waals surface area contributed by atoms with Gasteiger partial charge in [-0.15, -0.1) is 0 Å². The molecular formula is C34H35N. The molecule has 0 saturated carbocycles. The Morgan fingerprint density at radius 1 is 0.657 bits per heavy atom. The van der Waals surface area contributed by atoms with Gasteiger partial charge in [-0.2, -0.15) is 0 Å². The normalized spacial score (nSPS) is 14.3. The number of pyridine rings is 1. The van der Waals surface area contributed by atoms with Gasteiger partial charge in [0.05, 0.1) is 5.69 Å². The molecule has 4 aromatic rings. The molecule has 0 aliphatic heterocycles. The standard InChI is InChI=1S/C34H35N/c1-22(2)24-12-14-25(15-13-24)29-18-28(33-20-27(23(3)4)16-17-35-33)19-32-30(29)21-31(34(32,5)6)26-10-8-7-9-11-26/h7-23H,1-6H3. The van der Waals surface area contributed by atoms with Crippen molar-refractivity contribution in [3.05, 3.63) is 113 Å². The lowest BCUT2D eigenvalue weighted by Gasteiger charge is -2.26. The quantitative estimate of drug-likeness (QED) is 0.291. The Bertz CT molecular complexity index is 1390. The zero-order valence-electron chi connectivity index (χ0n) is 21.8. The molecule has 1 nitrogen and oxygen atoms in total. The molecule has 1 heteroatoms. The Morgan fingerprint density at radius 3 is 2.00 bits per heavy atom. The first-order chi connectivity index (χ1) is 16.8. The van der Waals surface area contributed by atoms with Crippen molar-refractivity contribution in [2.45, 2.75) is 58.8 Å². The van der Waals surface area contributed by atoms with Crippen molar-refractivity contribution in [1.82, 2.24) is 4.98 Å². The molecule has 0 unspecified atom stereocenters. The van der Waals surface area contributed by atoms with Crippen molar-refractivity contribution in [3.63, 3.8) is 0 Å². The van der Waals surface area contributed by atoms with E-state index in [9.17, 15) is 0 Å². The fourth-order valence-electron chi connectivity index (χ4n) is 5.26. The van der Waals surface area contributed by atoms with Crippen LogP contribution in [-0.2, 0) is 5.41 Å². The van der Waals surface area contributed by atoms with Crippen LogP contribution < -0.4 is 0 Å². The van der Waals surface area contributed by atoms with Gasteiger partial charge in [-0.1, -0.05) is 96.1 Å². The van der Waals surface area contributed by atoms with Gasteiger partial charge < -0.3 is 0 Å². The van der Waals surface area contributed by atoms with Crippen LogP contribution in [0.5, 0.6) is 0 Å². The van der Waals surface area contributed by atoms with E-state index in [1.54, 1.807) is 0 Å². The van der Waals surface area contributed by atoms with E-state index in [1.165, 1.54) is 50.1 Å². The second-order valence-corrected chi connectivity index (χ2v) is 10.9. The minimum Gasteiger partial charge on any atom is -0.256 e. The van der Waals surface area contributed by atoms with E-state index < -0.39 is 0 Å². The Balaban J connectivity index is 1.73. The molecule has 0 atom stereocenters. The molecule has 1 heterocycles. The number of rotatable bonds is 5. The first-order valence-electron chi connectivity index (χ1n) is 12.8. The van der Waals surface area contributed by atoms with Crippen LogP contribution in [0.2, 0.25) is 0 Å². The zero-order valence-corrected chi connectivity index (χ0v) is 21.8. The molecule has 1 aliphatic carbocycles. The average Bonchev–Trinajstić information content (AvgIpc) is 3.14. The first-order valence-corrected chi connectivity index (χ1v) is 12.8. The molecule has 0 fully saturated rings. The van der Waals surface area contributed by atoms with Gasteiger partial charge in [0.1, 0.15) is 0 Å². The largest absolute Gasteiger partial charge is 0.256 e. The Kier molecular flexibility index (Phi) is 5.97. The molecule has 0 saturated heterocycles. The van der Waals surface area contributed by atoms with Crippen LogP contribution in [0.25, 0.3) is 34.0 Å². The number of hydrogen-bond donors (Lipinski definition) is 0. The third kappa shape index (κ3) is 4.25. The van der Waals surface area contributed by atoms with E-state index in [-0.39, 0.29) is 5.41 Å². The molecule has 0 radical (unpaired) electrons. The van der Waals surface area contributed by atoms with Gasteiger partial charge in [0.2, 0.25) is 0 Å². The minimum atomic E-state index is -0.102. The zero-order chi connectivity index (χ0) is 24.7. The summed E-state index contributed by atoms with van der Waals surface area (Å²) in [5.41, 5.74) is 12.7. The van der Waals surface area contributed by atoms with Gasteiger partial charge >= 0.3 is 0 Å². The van der Waals surface area contributed by atoms with E-state index >= 15 is 0 Å². The van der Waals surface area contributed by atoms with Crippen LogP contribution >= 0.6 is 0 Å². The molecule has 0 amide bonds. The first kappa shape index (κ1) is 23.3. The maximum absolute atomic E-state index is 4.80. The van der Waals surface area contributed by atoms with Gasteiger partial charge in [0, 0.05) is 17.2 Å². The summed E-state index contributed by atoms with van der Waals surface area (Å²) >= 11 is 0. The van der Waals surface area contributed by atoms with Crippen LogP contribution in [0.3, 0.4) is 0 Å². The van der Waals surface area contributed by atoms with Crippen molar-refractivity contribution >= 4 is 11.6 Å². The summed E-state index contributed by atoms with van der Waals surface area (Å²) in [4.78, 5) is 4.80. The maximum atomic E-state index is 4.80. The van der Waals surface area contributed by atoms with Crippen molar-refractivity contribution < 1.29 is 0 Å². The van der Waals surface area contributed by atoms with Crippen molar-refractivity contribution in [1.29, 1.82) is 0 Å². The van der Waals surface area contributed by atoms with E-state index in [1.807, 2.05) is 6.20 Å². The summed E-state index contributed by atoms with van der Waals surface area (Å²) in [6.45, 7) is 13.7. The third-order valence-corrected chi connectivity index (χ3v) is 7.53. The van der Waals surface area contributed by atoms with Gasteiger partial charge in [0.25, 0.3) is 0 Å². The van der Waals surface area contributed by atoms with Crippen LogP contribution in [0.15, 0.2) is 85.1 Å². The number of fused-ring (bicyclic) bond motifs is 1. The van der Waals surface area contributed by atoms with Gasteiger partial charge in [-0.25, -0.2) is 0 Å². The predicted molar refractivity (Wildman–Crippen MR) is 151 cm³/mol. The average molecular weight is 458 g/mol. The van der Waals surface area contributed by atoms with Gasteiger partial charge in [-0.05, 0) is 86.7 Å². The summed E-state index contributed by atoms with van der Waals surface area (Å²) in [6.07, 6.45) is 4.37. The number of hydrogen-bond acceptors (Lipinski definition) is 1. The molecule has 1 aromatic heterocycles. The van der Waals surface area contributed by atoms with Crippen LogP contribution in [-0.4, -0.2) is 4.98 Å². The topological polar surface area (TPSA) is 12.9 Å². The van der Waals surface area contributed by atoms with Crippen molar-refractivity contribution in [3.8, 4) is 22.4 Å². The fraction of sp³-hybridized carbons (Fsp3) is 0.265. The second kappa shape index (κ2) is 8.96. The summed E-state index contributed by atoms with van der Waals surface area (Å²) in [5.74, 6) is 0.990. The second-order valence-electron chi connectivity index (χ2n) is 10.9. The predicted octanol–water partition coefficient (Wildman–Crippen LogP) is 9.49. The minimum absolute atomic E-state index is 0.102. The third-order valence-electron chi connectivity index (χ3n) is 7.53. The molecule has 3 aromatic carbocycles. The Morgan fingerprint density at radius 2 is 1.34 bits per heavy atom. The van der Waals surface area contributed by atoms with Gasteiger partial charge in [0.15, 0.2) is 0 Å².